The highest BCUT2D eigenvalue weighted by Crippen LogP contribution is 2.45. The molecule has 2 N–H and O–H groups in total. The van der Waals surface area contributed by atoms with Crippen LogP contribution in [0, 0.1) is 6.92 Å². The second kappa shape index (κ2) is 8.85. The first-order chi connectivity index (χ1) is 18.5. The molecule has 1 aliphatic rings. The monoisotopic (exact) mass is 512 g/mol. The Morgan fingerprint density at radius 2 is 1.58 bits per heavy atom. The molecule has 0 radical (unpaired) electrons. The normalized spacial score (nSPS) is 14.2. The number of aryl methyl sites for hydroxylation is 1. The van der Waals surface area contributed by atoms with Crippen LogP contribution in [0.25, 0.3) is 59.0 Å². The molecule has 0 amide bonds. The number of rotatable bonds is 3. The SMILES string of the molecule is C/C=C\C=C1/Cc2oc3cc(-c4ccc5c(c4)sc4cc(B(O)O)c(C)cc45)ccc3c2-c2ccccc21. The maximum atomic E-state index is 9.73. The molecule has 0 aliphatic heterocycles. The Morgan fingerprint density at radius 3 is 2.37 bits per heavy atom. The van der Waals surface area contributed by atoms with Crippen molar-refractivity contribution in [3.05, 3.63) is 108 Å². The van der Waals surface area contributed by atoms with Crippen molar-refractivity contribution in [2.45, 2.75) is 20.3 Å². The van der Waals surface area contributed by atoms with E-state index in [-0.39, 0.29) is 0 Å². The molecule has 184 valence electrons. The second-order valence-electron chi connectivity index (χ2n) is 9.94. The van der Waals surface area contributed by atoms with Gasteiger partial charge in [0.2, 0.25) is 0 Å². The van der Waals surface area contributed by atoms with Crippen LogP contribution >= 0.6 is 11.3 Å². The smallest absolute Gasteiger partial charge is 0.460 e. The minimum absolute atomic E-state index is 0.557. The van der Waals surface area contributed by atoms with Crippen molar-refractivity contribution >= 4 is 60.6 Å². The Bertz CT molecular complexity index is 1950. The highest BCUT2D eigenvalue weighted by Gasteiger charge is 2.25. The van der Waals surface area contributed by atoms with Crippen molar-refractivity contribution < 1.29 is 14.5 Å². The van der Waals surface area contributed by atoms with Crippen LogP contribution < -0.4 is 5.46 Å². The number of hydrogen-bond acceptors (Lipinski definition) is 4. The molecule has 3 nitrogen and oxygen atoms in total. The fourth-order valence-corrected chi connectivity index (χ4v) is 6.94. The minimum atomic E-state index is -1.47. The van der Waals surface area contributed by atoms with E-state index in [0.29, 0.717) is 5.46 Å². The standard InChI is InChI=1S/C33H25BO3S/c1-3-4-7-22-16-30-33(25-9-6-5-8-23(22)25)26-13-11-20(15-29(26)37-30)21-10-12-24-27-14-19(2)28(34(35)36)18-32(27)38-31(24)17-21/h3-15,17-18,35-36H,16H2,1-2H3/b4-3-,22-7+. The first kappa shape index (κ1) is 23.2. The van der Waals surface area contributed by atoms with Gasteiger partial charge < -0.3 is 14.5 Å². The molecular formula is C33H25BO3S. The van der Waals surface area contributed by atoms with Gasteiger partial charge in [0.25, 0.3) is 0 Å². The molecule has 0 fully saturated rings. The third-order valence-corrected chi connectivity index (χ3v) is 8.73. The van der Waals surface area contributed by atoms with Crippen molar-refractivity contribution in [3.8, 4) is 22.3 Å². The van der Waals surface area contributed by atoms with E-state index in [0.717, 1.165) is 49.9 Å². The summed E-state index contributed by atoms with van der Waals surface area (Å²) in [7, 11) is -1.47. The van der Waals surface area contributed by atoms with E-state index < -0.39 is 7.12 Å². The van der Waals surface area contributed by atoms with Gasteiger partial charge in [0, 0.05) is 37.5 Å². The molecule has 0 saturated heterocycles. The van der Waals surface area contributed by atoms with E-state index in [1.807, 2.05) is 19.9 Å². The zero-order chi connectivity index (χ0) is 26.0. The van der Waals surface area contributed by atoms with E-state index in [4.69, 9.17) is 4.42 Å². The van der Waals surface area contributed by atoms with Gasteiger partial charge in [-0.25, -0.2) is 0 Å². The maximum absolute atomic E-state index is 9.73. The van der Waals surface area contributed by atoms with Gasteiger partial charge in [0.05, 0.1) is 0 Å². The number of fused-ring (bicyclic) bond motifs is 8. The topological polar surface area (TPSA) is 53.6 Å². The number of benzene rings is 4. The van der Waals surface area contributed by atoms with Crippen molar-refractivity contribution in [1.29, 1.82) is 0 Å². The van der Waals surface area contributed by atoms with Crippen LogP contribution in [0.1, 0.15) is 23.8 Å². The number of thiophene rings is 1. The van der Waals surface area contributed by atoms with Crippen LogP contribution in [0.4, 0.5) is 0 Å². The third kappa shape index (κ3) is 3.58. The van der Waals surface area contributed by atoms with Crippen LogP contribution in [0.3, 0.4) is 0 Å². The molecule has 7 rings (SSSR count). The maximum Gasteiger partial charge on any atom is 0.488 e. The van der Waals surface area contributed by atoms with Gasteiger partial charge in [-0.2, -0.15) is 0 Å². The first-order valence-electron chi connectivity index (χ1n) is 12.8. The molecule has 2 heterocycles. The van der Waals surface area contributed by atoms with Crippen LogP contribution in [0.15, 0.2) is 95.4 Å². The molecule has 2 aromatic heterocycles. The average Bonchev–Trinajstić information content (AvgIpc) is 3.47. The molecule has 0 bridgehead atoms. The summed E-state index contributed by atoms with van der Waals surface area (Å²) in [6.45, 7) is 3.95. The quantitative estimate of drug-likeness (QED) is 0.240. The molecule has 5 heteroatoms. The molecule has 1 aliphatic carbocycles. The van der Waals surface area contributed by atoms with Gasteiger partial charge >= 0.3 is 7.12 Å². The van der Waals surface area contributed by atoms with E-state index in [1.54, 1.807) is 11.3 Å². The molecule has 38 heavy (non-hydrogen) atoms. The highest BCUT2D eigenvalue weighted by molar-refractivity contribution is 7.26. The number of hydrogen-bond donors (Lipinski definition) is 2. The zero-order valence-corrected chi connectivity index (χ0v) is 22.0. The lowest BCUT2D eigenvalue weighted by molar-refractivity contribution is 0.425. The molecular weight excluding hydrogens is 487 g/mol. The van der Waals surface area contributed by atoms with Crippen molar-refractivity contribution in [3.63, 3.8) is 0 Å². The van der Waals surface area contributed by atoms with E-state index >= 15 is 0 Å². The Morgan fingerprint density at radius 1 is 0.842 bits per heavy atom. The van der Waals surface area contributed by atoms with Crippen molar-refractivity contribution in [2.75, 3.05) is 0 Å². The minimum Gasteiger partial charge on any atom is -0.460 e. The molecule has 0 atom stereocenters. The summed E-state index contributed by atoms with van der Waals surface area (Å²) in [6.07, 6.45) is 7.11. The molecule has 0 unspecified atom stereocenters. The lowest BCUT2D eigenvalue weighted by atomic mass is 9.77. The summed E-state index contributed by atoms with van der Waals surface area (Å²) in [5.41, 5.74) is 9.57. The summed E-state index contributed by atoms with van der Waals surface area (Å²) in [5, 5.41) is 22.9. The Balaban J connectivity index is 1.34. The van der Waals surface area contributed by atoms with Crippen LogP contribution in [0.2, 0.25) is 0 Å². The lowest BCUT2D eigenvalue weighted by Gasteiger charge is -2.18. The second-order valence-corrected chi connectivity index (χ2v) is 11.0. The van der Waals surface area contributed by atoms with E-state index in [9.17, 15) is 10.0 Å². The van der Waals surface area contributed by atoms with Gasteiger partial charge in [-0.15, -0.1) is 11.3 Å². The summed E-state index contributed by atoms with van der Waals surface area (Å²) in [4.78, 5) is 0. The van der Waals surface area contributed by atoms with Gasteiger partial charge in [-0.1, -0.05) is 72.3 Å². The van der Waals surface area contributed by atoms with Crippen LogP contribution in [0.5, 0.6) is 0 Å². The van der Waals surface area contributed by atoms with Crippen LogP contribution in [-0.4, -0.2) is 17.2 Å². The van der Waals surface area contributed by atoms with E-state index in [1.165, 1.54) is 32.3 Å². The van der Waals surface area contributed by atoms with Gasteiger partial charge in [-0.3, -0.25) is 0 Å². The molecule has 6 aromatic rings. The summed E-state index contributed by atoms with van der Waals surface area (Å²) in [6, 6.07) is 25.6. The van der Waals surface area contributed by atoms with Crippen molar-refractivity contribution in [1.82, 2.24) is 0 Å². The Labute approximate surface area is 225 Å². The number of furan rings is 1. The molecule has 4 aromatic carbocycles. The zero-order valence-electron chi connectivity index (χ0n) is 21.2. The van der Waals surface area contributed by atoms with Crippen LogP contribution in [-0.2, 0) is 6.42 Å². The first-order valence-corrected chi connectivity index (χ1v) is 13.6. The van der Waals surface area contributed by atoms with E-state index in [2.05, 4.69) is 85.0 Å². The molecule has 0 spiro atoms. The lowest BCUT2D eigenvalue weighted by Crippen LogP contribution is -2.31. The predicted octanol–water partition coefficient (Wildman–Crippen LogP) is 7.64. The third-order valence-electron chi connectivity index (χ3n) is 7.62. The Kier molecular flexibility index (Phi) is 5.41. The molecule has 0 saturated carbocycles. The van der Waals surface area contributed by atoms with Gasteiger partial charge in [-0.05, 0) is 71.4 Å². The Hall–Kier alpha value is -3.90. The average molecular weight is 512 g/mol. The van der Waals surface area contributed by atoms with Gasteiger partial charge in [0.1, 0.15) is 11.3 Å². The summed E-state index contributed by atoms with van der Waals surface area (Å²) < 4.78 is 8.72. The largest absolute Gasteiger partial charge is 0.488 e. The fraction of sp³-hybridized carbons (Fsp3) is 0.0909. The predicted molar refractivity (Wildman–Crippen MR) is 161 cm³/mol. The number of allylic oxidation sites excluding steroid dienone is 4. The van der Waals surface area contributed by atoms with Crippen molar-refractivity contribution in [2.24, 2.45) is 0 Å². The summed E-state index contributed by atoms with van der Waals surface area (Å²) in [5.74, 6) is 1.02. The fourth-order valence-electron chi connectivity index (χ4n) is 5.76. The highest BCUT2D eigenvalue weighted by atomic mass is 32.1. The summed E-state index contributed by atoms with van der Waals surface area (Å²) >= 11 is 1.68. The van der Waals surface area contributed by atoms with Gasteiger partial charge in [0.15, 0.2) is 0 Å².